The predicted molar refractivity (Wildman–Crippen MR) is 122 cm³/mol. The highest BCUT2D eigenvalue weighted by molar-refractivity contribution is 5.96. The van der Waals surface area contributed by atoms with Crippen molar-refractivity contribution < 1.29 is 9.53 Å². The highest BCUT2D eigenvalue weighted by Crippen LogP contribution is 2.45. The second-order valence-corrected chi connectivity index (χ2v) is 7.89. The molecule has 32 heavy (non-hydrogen) atoms. The van der Waals surface area contributed by atoms with E-state index in [2.05, 4.69) is 15.3 Å². The SMILES string of the molecule is COc1ccccc1C1CC(=O)Nc2c1c(-c1ccccc1)nn2-c1nc(C)cc(C)n1. The number of carbonyl (C=O) groups is 1. The summed E-state index contributed by atoms with van der Waals surface area (Å²) in [6, 6.07) is 19.7. The van der Waals surface area contributed by atoms with Crippen molar-refractivity contribution in [3.05, 3.63) is 83.2 Å². The molecule has 3 heterocycles. The molecule has 2 aromatic carbocycles. The average molecular weight is 425 g/mol. The first-order chi connectivity index (χ1) is 15.5. The number of aromatic nitrogens is 4. The van der Waals surface area contributed by atoms with Crippen LogP contribution >= 0.6 is 0 Å². The van der Waals surface area contributed by atoms with Gasteiger partial charge in [0.1, 0.15) is 11.6 Å². The monoisotopic (exact) mass is 425 g/mol. The summed E-state index contributed by atoms with van der Waals surface area (Å²) in [7, 11) is 1.65. The summed E-state index contributed by atoms with van der Waals surface area (Å²) in [6.45, 7) is 3.84. The minimum absolute atomic E-state index is 0.0847. The zero-order chi connectivity index (χ0) is 22.2. The highest BCUT2D eigenvalue weighted by atomic mass is 16.5. The van der Waals surface area contributed by atoms with Crippen molar-refractivity contribution in [2.24, 2.45) is 0 Å². The van der Waals surface area contributed by atoms with Gasteiger partial charge in [-0.05, 0) is 26.0 Å². The summed E-state index contributed by atoms with van der Waals surface area (Å²) in [4.78, 5) is 22.0. The Morgan fingerprint density at radius 3 is 2.41 bits per heavy atom. The molecule has 1 unspecified atom stereocenters. The Hall–Kier alpha value is -4.00. The van der Waals surface area contributed by atoms with Crippen LogP contribution in [0.1, 0.15) is 34.9 Å². The molecule has 1 amide bonds. The van der Waals surface area contributed by atoms with E-state index in [0.29, 0.717) is 18.2 Å². The molecule has 1 aliphatic heterocycles. The highest BCUT2D eigenvalue weighted by Gasteiger charge is 2.36. The molecule has 5 rings (SSSR count). The number of para-hydroxylation sites is 1. The van der Waals surface area contributed by atoms with Crippen LogP contribution in [0, 0.1) is 13.8 Å². The summed E-state index contributed by atoms with van der Waals surface area (Å²) in [6.07, 6.45) is 0.298. The normalized spacial score (nSPS) is 15.2. The molecule has 0 fully saturated rings. The van der Waals surface area contributed by atoms with E-state index in [0.717, 1.165) is 39.5 Å². The smallest absolute Gasteiger partial charge is 0.252 e. The van der Waals surface area contributed by atoms with Gasteiger partial charge in [0.05, 0.1) is 12.8 Å². The summed E-state index contributed by atoms with van der Waals surface area (Å²) in [5.41, 5.74) is 5.30. The summed E-state index contributed by atoms with van der Waals surface area (Å²) >= 11 is 0. The lowest BCUT2D eigenvalue weighted by atomic mass is 9.84. The van der Waals surface area contributed by atoms with Gasteiger partial charge < -0.3 is 10.1 Å². The minimum Gasteiger partial charge on any atom is -0.496 e. The fourth-order valence-corrected chi connectivity index (χ4v) is 4.33. The van der Waals surface area contributed by atoms with E-state index in [1.807, 2.05) is 74.5 Å². The number of rotatable bonds is 4. The number of carbonyl (C=O) groups excluding carboxylic acids is 1. The van der Waals surface area contributed by atoms with Crippen LogP contribution in [0.15, 0.2) is 60.7 Å². The number of aryl methyl sites for hydroxylation is 2. The van der Waals surface area contributed by atoms with Crippen LogP contribution in [0.25, 0.3) is 17.2 Å². The Bertz CT molecular complexity index is 1290. The predicted octanol–water partition coefficient (Wildman–Crippen LogP) is 4.43. The zero-order valence-corrected chi connectivity index (χ0v) is 18.2. The van der Waals surface area contributed by atoms with Crippen molar-refractivity contribution in [1.29, 1.82) is 0 Å². The first kappa shape index (κ1) is 19.9. The first-order valence-electron chi connectivity index (χ1n) is 10.5. The number of hydrogen-bond acceptors (Lipinski definition) is 5. The maximum Gasteiger partial charge on any atom is 0.252 e. The maximum atomic E-state index is 12.8. The van der Waals surface area contributed by atoms with E-state index in [1.54, 1.807) is 11.8 Å². The number of hydrogen-bond donors (Lipinski definition) is 1. The van der Waals surface area contributed by atoms with Crippen molar-refractivity contribution >= 4 is 11.7 Å². The van der Waals surface area contributed by atoms with E-state index < -0.39 is 0 Å². The molecule has 2 aromatic heterocycles. The molecule has 1 N–H and O–H groups in total. The largest absolute Gasteiger partial charge is 0.496 e. The quantitative estimate of drug-likeness (QED) is 0.523. The van der Waals surface area contributed by atoms with E-state index in [9.17, 15) is 4.79 Å². The lowest BCUT2D eigenvalue weighted by Crippen LogP contribution is -2.25. The van der Waals surface area contributed by atoms with Crippen molar-refractivity contribution in [2.75, 3.05) is 12.4 Å². The number of fused-ring (bicyclic) bond motifs is 1. The van der Waals surface area contributed by atoms with Crippen LogP contribution in [-0.4, -0.2) is 32.8 Å². The van der Waals surface area contributed by atoms with Gasteiger partial charge in [-0.15, -0.1) is 0 Å². The van der Waals surface area contributed by atoms with Gasteiger partial charge in [-0.3, -0.25) is 4.79 Å². The molecule has 0 saturated carbocycles. The number of methoxy groups -OCH3 is 1. The van der Waals surface area contributed by atoms with Gasteiger partial charge in [0, 0.05) is 40.4 Å². The summed E-state index contributed by atoms with van der Waals surface area (Å²) in [5.74, 6) is 1.47. The van der Waals surface area contributed by atoms with Gasteiger partial charge in [0.15, 0.2) is 0 Å². The van der Waals surface area contributed by atoms with Crippen molar-refractivity contribution in [1.82, 2.24) is 19.7 Å². The standard InChI is InChI=1S/C25H23N5O2/c1-15-13-16(2)27-25(26-15)30-24-22(23(29-30)17-9-5-4-6-10-17)19(14-21(31)28-24)18-11-7-8-12-20(18)32-3/h4-13,19H,14H2,1-3H3,(H,28,31). The number of benzene rings is 2. The van der Waals surface area contributed by atoms with Crippen molar-refractivity contribution in [2.45, 2.75) is 26.2 Å². The first-order valence-corrected chi connectivity index (χ1v) is 10.5. The molecular weight excluding hydrogens is 402 g/mol. The molecule has 160 valence electrons. The number of anilines is 1. The maximum absolute atomic E-state index is 12.8. The van der Waals surface area contributed by atoms with Crippen LogP contribution in [-0.2, 0) is 4.79 Å². The molecule has 1 aliphatic rings. The lowest BCUT2D eigenvalue weighted by Gasteiger charge is -2.25. The van der Waals surface area contributed by atoms with Gasteiger partial charge in [-0.2, -0.15) is 9.78 Å². The third-order valence-corrected chi connectivity index (χ3v) is 5.64. The fraction of sp³-hybridized carbons (Fsp3) is 0.200. The molecule has 4 aromatic rings. The number of amides is 1. The third kappa shape index (κ3) is 3.41. The molecule has 7 heteroatoms. The molecular formula is C25H23N5O2. The Balaban J connectivity index is 1.80. The van der Waals surface area contributed by atoms with Gasteiger partial charge in [0.25, 0.3) is 5.95 Å². The molecule has 0 bridgehead atoms. The number of ether oxygens (including phenoxy) is 1. The minimum atomic E-state index is -0.218. The van der Waals surface area contributed by atoms with Crippen LogP contribution in [0.4, 0.5) is 5.82 Å². The van der Waals surface area contributed by atoms with Crippen LogP contribution in [0.5, 0.6) is 5.75 Å². The topological polar surface area (TPSA) is 81.9 Å². The van der Waals surface area contributed by atoms with Gasteiger partial charge in [-0.25, -0.2) is 9.97 Å². The van der Waals surface area contributed by atoms with E-state index in [4.69, 9.17) is 9.84 Å². The van der Waals surface area contributed by atoms with Crippen LogP contribution < -0.4 is 10.1 Å². The number of nitrogens with zero attached hydrogens (tertiary/aromatic N) is 4. The second-order valence-electron chi connectivity index (χ2n) is 7.89. The number of nitrogens with one attached hydrogen (secondary N) is 1. The van der Waals surface area contributed by atoms with E-state index >= 15 is 0 Å². The van der Waals surface area contributed by atoms with Crippen molar-refractivity contribution in [3.8, 4) is 23.0 Å². The Kier molecular flexibility index (Phi) is 4.93. The Morgan fingerprint density at radius 2 is 1.69 bits per heavy atom. The molecule has 0 aliphatic carbocycles. The summed E-state index contributed by atoms with van der Waals surface area (Å²) < 4.78 is 7.28. The van der Waals surface area contributed by atoms with Crippen LogP contribution in [0.2, 0.25) is 0 Å². The molecule has 1 atom stereocenters. The Labute approximate surface area is 186 Å². The van der Waals surface area contributed by atoms with Crippen LogP contribution in [0.3, 0.4) is 0 Å². The molecule has 0 radical (unpaired) electrons. The summed E-state index contributed by atoms with van der Waals surface area (Å²) in [5, 5.41) is 7.95. The Morgan fingerprint density at radius 1 is 1.00 bits per heavy atom. The third-order valence-electron chi connectivity index (χ3n) is 5.64. The van der Waals surface area contributed by atoms with E-state index in [-0.39, 0.29) is 11.8 Å². The second kappa shape index (κ2) is 7.92. The zero-order valence-electron chi connectivity index (χ0n) is 18.2. The van der Waals surface area contributed by atoms with Crippen molar-refractivity contribution in [3.63, 3.8) is 0 Å². The fourth-order valence-electron chi connectivity index (χ4n) is 4.33. The molecule has 0 saturated heterocycles. The van der Waals surface area contributed by atoms with Gasteiger partial charge in [0.2, 0.25) is 5.91 Å². The van der Waals surface area contributed by atoms with Gasteiger partial charge >= 0.3 is 0 Å². The van der Waals surface area contributed by atoms with E-state index in [1.165, 1.54) is 0 Å². The molecule has 0 spiro atoms. The molecule has 7 nitrogen and oxygen atoms in total. The van der Waals surface area contributed by atoms with Gasteiger partial charge in [-0.1, -0.05) is 48.5 Å². The average Bonchev–Trinajstić information content (AvgIpc) is 3.18. The lowest BCUT2D eigenvalue weighted by molar-refractivity contribution is -0.116.